The van der Waals surface area contributed by atoms with Crippen molar-refractivity contribution in [2.45, 2.75) is 26.2 Å². The van der Waals surface area contributed by atoms with Crippen LogP contribution < -0.4 is 9.64 Å². The molecule has 1 amide bonds. The number of aromatic amines is 1. The third-order valence-electron chi connectivity index (χ3n) is 4.89. The molecule has 25 heavy (non-hydrogen) atoms. The number of fused-ring (bicyclic) bond motifs is 1. The molecular weight excluding hydrogens is 320 g/mol. The van der Waals surface area contributed by atoms with Crippen LogP contribution in [0.3, 0.4) is 0 Å². The summed E-state index contributed by atoms with van der Waals surface area (Å²) in [6, 6.07) is 1.81. The van der Waals surface area contributed by atoms with Crippen LogP contribution in [0.5, 0.6) is 5.88 Å². The van der Waals surface area contributed by atoms with Crippen LogP contribution in [0.1, 0.15) is 33.9 Å². The third kappa shape index (κ3) is 2.92. The quantitative estimate of drug-likeness (QED) is 0.894. The number of nitrogens with zero attached hydrogens (tertiary/aromatic N) is 5. The molecular formula is C17H22N6O2. The van der Waals surface area contributed by atoms with Crippen molar-refractivity contribution in [3.8, 4) is 5.88 Å². The number of carbonyl (C=O) groups is 1. The molecule has 0 saturated carbocycles. The van der Waals surface area contributed by atoms with Crippen LogP contribution >= 0.6 is 0 Å². The highest BCUT2D eigenvalue weighted by Crippen LogP contribution is 2.24. The van der Waals surface area contributed by atoms with Gasteiger partial charge < -0.3 is 14.5 Å². The SMILES string of the molecule is COc1cc(C)nc(N2CCN(C(=O)c3n[nH]c4c3CCC4)CC2)n1. The lowest BCUT2D eigenvalue weighted by molar-refractivity contribution is 0.0739. The molecule has 1 fully saturated rings. The van der Waals surface area contributed by atoms with Crippen molar-refractivity contribution in [3.63, 3.8) is 0 Å². The van der Waals surface area contributed by atoms with Gasteiger partial charge in [0.2, 0.25) is 11.8 Å². The fraction of sp³-hybridized carbons (Fsp3) is 0.529. The first-order valence-electron chi connectivity index (χ1n) is 8.65. The van der Waals surface area contributed by atoms with Crippen molar-refractivity contribution in [1.82, 2.24) is 25.1 Å². The zero-order chi connectivity index (χ0) is 17.4. The lowest BCUT2D eigenvalue weighted by Crippen LogP contribution is -2.49. The van der Waals surface area contributed by atoms with Gasteiger partial charge in [0.1, 0.15) is 0 Å². The van der Waals surface area contributed by atoms with E-state index < -0.39 is 0 Å². The number of rotatable bonds is 3. The Morgan fingerprint density at radius 1 is 1.20 bits per heavy atom. The number of carbonyl (C=O) groups excluding carboxylic acids is 1. The number of anilines is 1. The van der Waals surface area contributed by atoms with Crippen molar-refractivity contribution in [1.29, 1.82) is 0 Å². The highest BCUT2D eigenvalue weighted by molar-refractivity contribution is 5.94. The van der Waals surface area contributed by atoms with Crippen LogP contribution in [-0.2, 0) is 12.8 Å². The minimum absolute atomic E-state index is 0.0294. The molecule has 1 aliphatic heterocycles. The van der Waals surface area contributed by atoms with Crippen molar-refractivity contribution >= 4 is 11.9 Å². The van der Waals surface area contributed by atoms with Crippen LogP contribution in [0.2, 0.25) is 0 Å². The largest absolute Gasteiger partial charge is 0.481 e. The van der Waals surface area contributed by atoms with Gasteiger partial charge in [0.05, 0.1) is 7.11 Å². The molecule has 3 heterocycles. The summed E-state index contributed by atoms with van der Waals surface area (Å²) in [5.41, 5.74) is 3.71. The number of hydrogen-bond acceptors (Lipinski definition) is 6. The zero-order valence-electron chi connectivity index (χ0n) is 14.6. The maximum atomic E-state index is 12.8. The molecule has 8 nitrogen and oxygen atoms in total. The van der Waals surface area contributed by atoms with E-state index in [-0.39, 0.29) is 5.91 Å². The van der Waals surface area contributed by atoms with Crippen molar-refractivity contribution in [2.24, 2.45) is 0 Å². The van der Waals surface area contributed by atoms with E-state index in [1.54, 1.807) is 13.2 Å². The first kappa shape index (κ1) is 15.9. The van der Waals surface area contributed by atoms with Crippen molar-refractivity contribution in [2.75, 3.05) is 38.2 Å². The molecule has 2 aromatic heterocycles. The molecule has 8 heteroatoms. The Morgan fingerprint density at radius 2 is 2.00 bits per heavy atom. The van der Waals surface area contributed by atoms with Gasteiger partial charge in [-0.25, -0.2) is 4.98 Å². The normalized spacial score (nSPS) is 16.9. The molecule has 1 N–H and O–H groups in total. The molecule has 1 saturated heterocycles. The molecule has 2 aromatic rings. The molecule has 1 aliphatic carbocycles. The number of H-pyrrole nitrogens is 1. The molecule has 132 valence electrons. The van der Waals surface area contributed by atoms with Crippen LogP contribution in [0.25, 0.3) is 0 Å². The van der Waals surface area contributed by atoms with Gasteiger partial charge >= 0.3 is 0 Å². The summed E-state index contributed by atoms with van der Waals surface area (Å²) in [6.07, 6.45) is 3.05. The Kier molecular flexibility index (Phi) is 4.03. The second-order valence-electron chi connectivity index (χ2n) is 6.51. The number of hydrogen-bond donors (Lipinski definition) is 1. The summed E-state index contributed by atoms with van der Waals surface area (Å²) >= 11 is 0. The smallest absolute Gasteiger partial charge is 0.274 e. The molecule has 0 radical (unpaired) electrons. The number of ether oxygens (including phenoxy) is 1. The minimum Gasteiger partial charge on any atom is -0.481 e. The van der Waals surface area contributed by atoms with Gasteiger partial charge in [0.15, 0.2) is 5.69 Å². The second kappa shape index (κ2) is 6.34. The molecule has 4 rings (SSSR count). The standard InChI is InChI=1S/C17H22N6O2/c1-11-10-14(25-2)19-17(18-11)23-8-6-22(7-9-23)16(24)15-12-4-3-5-13(12)20-21-15/h10H,3-9H2,1-2H3,(H,20,21). The monoisotopic (exact) mass is 342 g/mol. The average molecular weight is 342 g/mol. The van der Waals surface area contributed by atoms with Crippen LogP contribution in [-0.4, -0.2) is 64.3 Å². The van der Waals surface area contributed by atoms with E-state index in [0.29, 0.717) is 43.7 Å². The number of methoxy groups -OCH3 is 1. The van der Waals surface area contributed by atoms with Gasteiger partial charge in [0, 0.05) is 49.2 Å². The molecule has 0 unspecified atom stereocenters. The van der Waals surface area contributed by atoms with E-state index in [1.807, 2.05) is 11.8 Å². The van der Waals surface area contributed by atoms with Crippen LogP contribution in [0, 0.1) is 6.92 Å². The summed E-state index contributed by atoms with van der Waals surface area (Å²) in [7, 11) is 1.60. The van der Waals surface area contributed by atoms with Crippen molar-refractivity contribution in [3.05, 3.63) is 28.7 Å². The molecule has 0 aromatic carbocycles. The lowest BCUT2D eigenvalue weighted by atomic mass is 10.1. The van der Waals surface area contributed by atoms with Crippen molar-refractivity contribution < 1.29 is 9.53 Å². The predicted octanol–water partition coefficient (Wildman–Crippen LogP) is 0.968. The highest BCUT2D eigenvalue weighted by Gasteiger charge is 2.29. The van der Waals surface area contributed by atoms with Gasteiger partial charge in [-0.3, -0.25) is 9.89 Å². The summed E-state index contributed by atoms with van der Waals surface area (Å²) < 4.78 is 5.22. The van der Waals surface area contributed by atoms with E-state index in [2.05, 4.69) is 25.1 Å². The molecule has 0 spiro atoms. The maximum Gasteiger partial charge on any atom is 0.274 e. The number of piperazine rings is 1. The van der Waals surface area contributed by atoms with Gasteiger partial charge in [0.25, 0.3) is 5.91 Å². The summed E-state index contributed by atoms with van der Waals surface area (Å²) in [5.74, 6) is 1.25. The number of aromatic nitrogens is 4. The van der Waals surface area contributed by atoms with Gasteiger partial charge in [-0.15, -0.1) is 0 Å². The van der Waals surface area contributed by atoms with E-state index in [9.17, 15) is 4.79 Å². The zero-order valence-corrected chi connectivity index (χ0v) is 14.6. The molecule has 0 bridgehead atoms. The Labute approximate surface area is 146 Å². The topological polar surface area (TPSA) is 87.2 Å². The first-order chi connectivity index (χ1) is 12.2. The summed E-state index contributed by atoms with van der Waals surface area (Å²) in [5, 5.41) is 7.27. The predicted molar refractivity (Wildman–Crippen MR) is 92.1 cm³/mol. The third-order valence-corrected chi connectivity index (χ3v) is 4.89. The van der Waals surface area contributed by atoms with Crippen LogP contribution in [0.4, 0.5) is 5.95 Å². The Hall–Kier alpha value is -2.64. The van der Waals surface area contributed by atoms with Gasteiger partial charge in [-0.05, 0) is 26.2 Å². The number of amides is 1. The minimum atomic E-state index is 0.0294. The fourth-order valence-corrected chi connectivity index (χ4v) is 3.53. The first-order valence-corrected chi connectivity index (χ1v) is 8.65. The van der Waals surface area contributed by atoms with Crippen LogP contribution in [0.15, 0.2) is 6.07 Å². The average Bonchev–Trinajstić information content (AvgIpc) is 3.24. The fourth-order valence-electron chi connectivity index (χ4n) is 3.53. The lowest BCUT2D eigenvalue weighted by Gasteiger charge is -2.34. The molecule has 2 aliphatic rings. The second-order valence-corrected chi connectivity index (χ2v) is 6.51. The van der Waals surface area contributed by atoms with E-state index >= 15 is 0 Å². The van der Waals surface area contributed by atoms with Gasteiger partial charge in [-0.1, -0.05) is 0 Å². The Morgan fingerprint density at radius 3 is 2.76 bits per heavy atom. The summed E-state index contributed by atoms with van der Waals surface area (Å²) in [4.78, 5) is 25.7. The number of aryl methyl sites for hydroxylation is 2. The molecule has 0 atom stereocenters. The number of nitrogens with one attached hydrogen (secondary N) is 1. The highest BCUT2D eigenvalue weighted by atomic mass is 16.5. The van der Waals surface area contributed by atoms with Gasteiger partial charge in [-0.2, -0.15) is 10.1 Å². The van der Waals surface area contributed by atoms with E-state index in [1.165, 1.54) is 0 Å². The van der Waals surface area contributed by atoms with E-state index in [4.69, 9.17) is 4.74 Å². The van der Waals surface area contributed by atoms with E-state index in [0.717, 1.165) is 36.2 Å². The Balaban J connectivity index is 1.44. The Bertz CT molecular complexity index is 794. The maximum absolute atomic E-state index is 12.8. The summed E-state index contributed by atoms with van der Waals surface area (Å²) in [6.45, 7) is 4.60.